The molecule has 0 amide bonds. The lowest BCUT2D eigenvalue weighted by Gasteiger charge is -2.05. The lowest BCUT2D eigenvalue weighted by molar-refractivity contribution is -0.137. The van der Waals surface area contributed by atoms with E-state index in [0.717, 1.165) is 31.4 Å². The van der Waals surface area contributed by atoms with E-state index in [4.69, 9.17) is 5.11 Å². The molecule has 0 spiro atoms. The highest BCUT2D eigenvalue weighted by Gasteiger charge is 1.99. The second-order valence-electron chi connectivity index (χ2n) is 5.36. The highest BCUT2D eigenvalue weighted by atomic mass is 32.2. The molecule has 22 heavy (non-hydrogen) atoms. The van der Waals surface area contributed by atoms with Crippen LogP contribution in [0.4, 0.5) is 0 Å². The van der Waals surface area contributed by atoms with Gasteiger partial charge in [-0.1, -0.05) is 48.9 Å². The van der Waals surface area contributed by atoms with Gasteiger partial charge in [-0.3, -0.25) is 4.79 Å². The normalized spacial score (nSPS) is 10.5. The maximum Gasteiger partial charge on any atom is 0.303 e. The van der Waals surface area contributed by atoms with Crippen LogP contribution in [-0.2, 0) is 11.2 Å². The van der Waals surface area contributed by atoms with Crippen molar-refractivity contribution in [2.45, 2.75) is 37.0 Å². The van der Waals surface area contributed by atoms with Crippen LogP contribution < -0.4 is 0 Å². The van der Waals surface area contributed by atoms with Gasteiger partial charge in [-0.25, -0.2) is 0 Å². The second-order valence-corrected chi connectivity index (χ2v) is 6.53. The molecule has 0 radical (unpaired) electrons. The van der Waals surface area contributed by atoms with Gasteiger partial charge in [-0.15, -0.1) is 11.8 Å². The van der Waals surface area contributed by atoms with Crippen LogP contribution in [0, 0.1) is 0 Å². The highest BCUT2D eigenvalue weighted by molar-refractivity contribution is 7.99. The Balaban J connectivity index is 1.69. The summed E-state index contributed by atoms with van der Waals surface area (Å²) in [6.45, 7) is 0. The smallest absolute Gasteiger partial charge is 0.303 e. The maximum atomic E-state index is 10.4. The first-order valence-electron chi connectivity index (χ1n) is 7.71. The number of carbonyl (C=O) groups is 1. The van der Waals surface area contributed by atoms with Gasteiger partial charge < -0.3 is 5.11 Å². The first-order valence-corrected chi connectivity index (χ1v) is 8.70. The summed E-state index contributed by atoms with van der Waals surface area (Å²) in [5.74, 6) is 0.360. The molecule has 0 bridgehead atoms. The molecule has 2 nitrogen and oxygen atoms in total. The molecule has 2 aromatic carbocycles. The SMILES string of the molecule is O=C(O)CCCCCSc1ccc(Cc2ccccc2)cc1. The minimum Gasteiger partial charge on any atom is -0.481 e. The van der Waals surface area contributed by atoms with Crippen LogP contribution in [0.2, 0.25) is 0 Å². The Kier molecular flexibility index (Phi) is 7.04. The van der Waals surface area contributed by atoms with Crippen LogP contribution in [0.15, 0.2) is 59.5 Å². The van der Waals surface area contributed by atoms with E-state index >= 15 is 0 Å². The number of hydrogen-bond donors (Lipinski definition) is 1. The van der Waals surface area contributed by atoms with Crippen molar-refractivity contribution in [2.75, 3.05) is 5.75 Å². The molecule has 116 valence electrons. The fraction of sp³-hybridized carbons (Fsp3) is 0.316. The molecule has 0 aliphatic carbocycles. The number of unbranched alkanes of at least 4 members (excludes halogenated alkanes) is 2. The van der Waals surface area contributed by atoms with Gasteiger partial charge in [0.25, 0.3) is 0 Å². The van der Waals surface area contributed by atoms with Crippen molar-refractivity contribution in [1.29, 1.82) is 0 Å². The zero-order chi connectivity index (χ0) is 15.6. The summed E-state index contributed by atoms with van der Waals surface area (Å²) in [7, 11) is 0. The topological polar surface area (TPSA) is 37.3 Å². The monoisotopic (exact) mass is 314 g/mol. The van der Waals surface area contributed by atoms with E-state index in [2.05, 4.69) is 48.5 Å². The van der Waals surface area contributed by atoms with E-state index in [1.54, 1.807) is 0 Å². The molecular formula is C19H22O2S. The Morgan fingerprint density at radius 2 is 1.55 bits per heavy atom. The average Bonchev–Trinajstić information content (AvgIpc) is 2.53. The number of hydrogen-bond acceptors (Lipinski definition) is 2. The summed E-state index contributed by atoms with van der Waals surface area (Å²) < 4.78 is 0. The lowest BCUT2D eigenvalue weighted by Crippen LogP contribution is -1.93. The number of benzene rings is 2. The van der Waals surface area contributed by atoms with Gasteiger partial charge in [0.05, 0.1) is 0 Å². The molecule has 0 aliphatic rings. The van der Waals surface area contributed by atoms with Crippen LogP contribution in [0.5, 0.6) is 0 Å². The Bertz CT molecular complexity index is 564. The number of carboxylic acid groups (broad SMARTS) is 1. The van der Waals surface area contributed by atoms with Crippen molar-refractivity contribution < 1.29 is 9.90 Å². The molecule has 3 heteroatoms. The third-order valence-corrected chi connectivity index (χ3v) is 4.58. The number of carboxylic acids is 1. The van der Waals surface area contributed by atoms with Crippen LogP contribution in [-0.4, -0.2) is 16.8 Å². The molecule has 0 aromatic heterocycles. The maximum absolute atomic E-state index is 10.4. The van der Waals surface area contributed by atoms with Gasteiger partial charge in [0.1, 0.15) is 0 Å². The Morgan fingerprint density at radius 1 is 0.864 bits per heavy atom. The van der Waals surface area contributed by atoms with Crippen molar-refractivity contribution in [1.82, 2.24) is 0 Å². The Hall–Kier alpha value is -1.74. The van der Waals surface area contributed by atoms with E-state index in [1.165, 1.54) is 16.0 Å². The first kappa shape index (κ1) is 16.6. The van der Waals surface area contributed by atoms with E-state index < -0.39 is 5.97 Å². The molecule has 1 N–H and O–H groups in total. The molecule has 2 rings (SSSR count). The van der Waals surface area contributed by atoms with E-state index in [-0.39, 0.29) is 0 Å². The van der Waals surface area contributed by atoms with Crippen LogP contribution >= 0.6 is 11.8 Å². The standard InChI is InChI=1S/C19H22O2S/c20-19(21)9-5-2-6-14-22-18-12-10-17(11-13-18)15-16-7-3-1-4-8-16/h1,3-4,7-8,10-13H,2,5-6,9,14-15H2,(H,20,21). The minimum absolute atomic E-state index is 0.291. The van der Waals surface area contributed by atoms with Gasteiger partial charge in [-0.05, 0) is 48.3 Å². The van der Waals surface area contributed by atoms with Gasteiger partial charge in [-0.2, -0.15) is 0 Å². The van der Waals surface area contributed by atoms with Gasteiger partial charge in [0, 0.05) is 11.3 Å². The van der Waals surface area contributed by atoms with E-state index in [0.29, 0.717) is 6.42 Å². The highest BCUT2D eigenvalue weighted by Crippen LogP contribution is 2.21. The van der Waals surface area contributed by atoms with Gasteiger partial charge in [0.2, 0.25) is 0 Å². The lowest BCUT2D eigenvalue weighted by atomic mass is 10.1. The molecule has 0 unspecified atom stereocenters. The van der Waals surface area contributed by atoms with Crippen molar-refractivity contribution in [3.05, 3.63) is 65.7 Å². The molecule has 0 atom stereocenters. The fourth-order valence-corrected chi connectivity index (χ4v) is 3.19. The summed E-state index contributed by atoms with van der Waals surface area (Å²) in [4.78, 5) is 11.7. The van der Waals surface area contributed by atoms with Gasteiger partial charge >= 0.3 is 5.97 Å². The van der Waals surface area contributed by atoms with E-state index in [9.17, 15) is 4.79 Å². The Labute approximate surface area is 136 Å². The summed E-state index contributed by atoms with van der Waals surface area (Å²) in [6, 6.07) is 19.2. The van der Waals surface area contributed by atoms with Crippen molar-refractivity contribution >= 4 is 17.7 Å². The van der Waals surface area contributed by atoms with Crippen LogP contribution in [0.25, 0.3) is 0 Å². The average molecular weight is 314 g/mol. The predicted octanol–water partition coefficient (Wildman–Crippen LogP) is 5.01. The van der Waals surface area contributed by atoms with Crippen LogP contribution in [0.3, 0.4) is 0 Å². The molecular weight excluding hydrogens is 292 g/mol. The summed E-state index contributed by atoms with van der Waals surface area (Å²) in [5, 5.41) is 8.57. The summed E-state index contributed by atoms with van der Waals surface area (Å²) in [6.07, 6.45) is 4.11. The van der Waals surface area contributed by atoms with Gasteiger partial charge in [0.15, 0.2) is 0 Å². The summed E-state index contributed by atoms with van der Waals surface area (Å²) in [5.41, 5.74) is 2.67. The first-order chi connectivity index (χ1) is 10.7. The minimum atomic E-state index is -0.693. The molecule has 0 saturated carbocycles. The molecule has 2 aromatic rings. The Morgan fingerprint density at radius 3 is 2.23 bits per heavy atom. The third kappa shape index (κ3) is 6.35. The number of aliphatic carboxylic acids is 1. The van der Waals surface area contributed by atoms with Crippen molar-refractivity contribution in [3.8, 4) is 0 Å². The quantitative estimate of drug-likeness (QED) is 0.522. The number of thioether (sulfide) groups is 1. The van der Waals surface area contributed by atoms with Crippen LogP contribution in [0.1, 0.15) is 36.8 Å². The molecule has 0 aliphatic heterocycles. The molecule has 0 fully saturated rings. The summed E-state index contributed by atoms with van der Waals surface area (Å²) >= 11 is 1.85. The zero-order valence-corrected chi connectivity index (χ0v) is 13.5. The molecule has 0 heterocycles. The fourth-order valence-electron chi connectivity index (χ4n) is 2.28. The zero-order valence-electron chi connectivity index (χ0n) is 12.7. The largest absolute Gasteiger partial charge is 0.481 e. The predicted molar refractivity (Wildman–Crippen MR) is 92.5 cm³/mol. The van der Waals surface area contributed by atoms with Crippen molar-refractivity contribution in [3.63, 3.8) is 0 Å². The van der Waals surface area contributed by atoms with Crippen molar-refractivity contribution in [2.24, 2.45) is 0 Å². The van der Waals surface area contributed by atoms with E-state index in [1.807, 2.05) is 17.8 Å². The third-order valence-electron chi connectivity index (χ3n) is 3.48. The molecule has 0 saturated heterocycles. The number of rotatable bonds is 9. The second kappa shape index (κ2) is 9.31.